The Labute approximate surface area is 88.7 Å². The minimum absolute atomic E-state index is 0.509. The number of carbonyl (C=O) groups excluding carboxylic acids is 1. The number of carboxylic acid groups (broad SMARTS) is 1. The summed E-state index contributed by atoms with van der Waals surface area (Å²) in [6, 6.07) is -0.667. The molecule has 0 aliphatic heterocycles. The van der Waals surface area contributed by atoms with Gasteiger partial charge in [0.05, 0.1) is 0 Å². The number of carbonyl (C=O) groups is 2. The van der Waals surface area contributed by atoms with E-state index in [1.807, 2.05) is 13.2 Å². The van der Waals surface area contributed by atoms with Crippen LogP contribution in [0.2, 0.25) is 0 Å². The lowest BCUT2D eigenvalue weighted by atomic mass is 10.2. The van der Waals surface area contributed by atoms with Crippen LogP contribution in [0.25, 0.3) is 0 Å². The second-order valence-corrected chi connectivity index (χ2v) is 3.96. The Morgan fingerprint density at radius 3 is 2.64 bits per heavy atom. The van der Waals surface area contributed by atoms with Crippen molar-refractivity contribution in [3.63, 3.8) is 0 Å². The van der Waals surface area contributed by atoms with E-state index in [9.17, 15) is 9.59 Å². The highest BCUT2D eigenvalue weighted by molar-refractivity contribution is 7.98. The van der Waals surface area contributed by atoms with Crippen molar-refractivity contribution in [3.8, 4) is 0 Å². The molecule has 0 aromatic carbocycles. The Bertz CT molecular complexity index is 187. The van der Waals surface area contributed by atoms with Crippen LogP contribution in [0.4, 0.5) is 0 Å². The van der Waals surface area contributed by atoms with E-state index in [1.54, 1.807) is 11.8 Å². The van der Waals surface area contributed by atoms with Crippen molar-refractivity contribution >= 4 is 24.1 Å². The number of rotatable bonds is 8. The van der Waals surface area contributed by atoms with E-state index in [0.717, 1.165) is 12.2 Å². The molecule has 0 bridgehead atoms. The summed E-state index contributed by atoms with van der Waals surface area (Å²) in [6.07, 6.45) is 3.84. The standard InChI is InChI=1S/C9H17NO3S/c1-3-5-10(7-11)8(9(12)13)4-6-14-2/h7-8H,3-6H2,1-2H3,(H,12,13). The molecule has 14 heavy (non-hydrogen) atoms. The Balaban J connectivity index is 4.27. The van der Waals surface area contributed by atoms with Crippen molar-refractivity contribution in [2.45, 2.75) is 25.8 Å². The number of hydrogen-bond acceptors (Lipinski definition) is 3. The lowest BCUT2D eigenvalue weighted by molar-refractivity contribution is -0.146. The molecule has 1 atom stereocenters. The number of carboxylic acids is 1. The van der Waals surface area contributed by atoms with Crippen LogP contribution in [0.15, 0.2) is 0 Å². The molecule has 0 saturated heterocycles. The van der Waals surface area contributed by atoms with E-state index in [4.69, 9.17) is 5.11 Å². The van der Waals surface area contributed by atoms with Gasteiger partial charge in [-0.15, -0.1) is 0 Å². The topological polar surface area (TPSA) is 57.6 Å². The second-order valence-electron chi connectivity index (χ2n) is 2.98. The lowest BCUT2D eigenvalue weighted by Gasteiger charge is -2.24. The Morgan fingerprint density at radius 1 is 1.64 bits per heavy atom. The predicted octanol–water partition coefficient (Wildman–Crippen LogP) is 1.06. The first kappa shape index (κ1) is 13.3. The van der Waals surface area contributed by atoms with E-state index in [0.29, 0.717) is 19.4 Å². The van der Waals surface area contributed by atoms with Crippen LogP contribution in [-0.2, 0) is 9.59 Å². The van der Waals surface area contributed by atoms with Crippen LogP contribution in [0, 0.1) is 0 Å². The predicted molar refractivity (Wildman–Crippen MR) is 57.5 cm³/mol. The van der Waals surface area contributed by atoms with Gasteiger partial charge in [-0.2, -0.15) is 11.8 Å². The van der Waals surface area contributed by atoms with E-state index >= 15 is 0 Å². The number of aliphatic carboxylic acids is 1. The van der Waals surface area contributed by atoms with E-state index in [-0.39, 0.29) is 0 Å². The molecule has 0 aromatic heterocycles. The van der Waals surface area contributed by atoms with Crippen LogP contribution < -0.4 is 0 Å². The van der Waals surface area contributed by atoms with Gasteiger partial charge >= 0.3 is 5.97 Å². The molecule has 4 nitrogen and oxygen atoms in total. The summed E-state index contributed by atoms with van der Waals surface area (Å²) in [5, 5.41) is 8.92. The van der Waals surface area contributed by atoms with Crippen LogP contribution in [0.1, 0.15) is 19.8 Å². The third kappa shape index (κ3) is 4.50. The summed E-state index contributed by atoms with van der Waals surface area (Å²) in [4.78, 5) is 22.9. The quantitative estimate of drug-likeness (QED) is 0.620. The molecule has 0 fully saturated rings. The highest BCUT2D eigenvalue weighted by atomic mass is 32.2. The number of hydrogen-bond donors (Lipinski definition) is 1. The molecule has 5 heteroatoms. The van der Waals surface area contributed by atoms with Gasteiger partial charge in [-0.05, 0) is 24.9 Å². The molecule has 1 N–H and O–H groups in total. The average molecular weight is 219 g/mol. The zero-order valence-electron chi connectivity index (χ0n) is 8.60. The molecule has 82 valence electrons. The molecule has 0 aliphatic rings. The fourth-order valence-electron chi connectivity index (χ4n) is 1.20. The van der Waals surface area contributed by atoms with Crippen LogP contribution >= 0.6 is 11.8 Å². The number of nitrogens with zero attached hydrogens (tertiary/aromatic N) is 1. The van der Waals surface area contributed by atoms with Gasteiger partial charge < -0.3 is 10.0 Å². The largest absolute Gasteiger partial charge is 0.480 e. The third-order valence-electron chi connectivity index (χ3n) is 1.90. The van der Waals surface area contributed by atoms with Gasteiger partial charge in [0, 0.05) is 6.54 Å². The molecule has 0 aliphatic carbocycles. The van der Waals surface area contributed by atoms with E-state index < -0.39 is 12.0 Å². The van der Waals surface area contributed by atoms with Gasteiger partial charge in [0.2, 0.25) is 6.41 Å². The third-order valence-corrected chi connectivity index (χ3v) is 2.54. The highest BCUT2D eigenvalue weighted by Gasteiger charge is 2.22. The van der Waals surface area contributed by atoms with Crippen molar-refractivity contribution < 1.29 is 14.7 Å². The van der Waals surface area contributed by atoms with Crippen LogP contribution in [0.5, 0.6) is 0 Å². The van der Waals surface area contributed by atoms with Crippen molar-refractivity contribution in [1.29, 1.82) is 0 Å². The fourth-order valence-corrected chi connectivity index (χ4v) is 1.66. The van der Waals surface area contributed by atoms with Crippen molar-refractivity contribution in [2.24, 2.45) is 0 Å². The van der Waals surface area contributed by atoms with E-state index in [2.05, 4.69) is 0 Å². The number of thioether (sulfide) groups is 1. The van der Waals surface area contributed by atoms with Gasteiger partial charge in [0.25, 0.3) is 0 Å². The summed E-state index contributed by atoms with van der Waals surface area (Å²) >= 11 is 1.59. The monoisotopic (exact) mass is 219 g/mol. The van der Waals surface area contributed by atoms with Crippen LogP contribution in [-0.4, -0.2) is 47.0 Å². The van der Waals surface area contributed by atoms with Gasteiger partial charge in [0.1, 0.15) is 6.04 Å². The first-order valence-corrected chi connectivity index (χ1v) is 5.99. The molecule has 0 saturated carbocycles. The molecule has 0 rings (SSSR count). The van der Waals surface area contributed by atoms with Crippen LogP contribution in [0.3, 0.4) is 0 Å². The molecular formula is C9H17NO3S. The maximum absolute atomic E-state index is 10.9. The lowest BCUT2D eigenvalue weighted by Crippen LogP contribution is -2.41. The highest BCUT2D eigenvalue weighted by Crippen LogP contribution is 2.07. The van der Waals surface area contributed by atoms with Gasteiger partial charge in [-0.25, -0.2) is 4.79 Å². The molecule has 1 unspecified atom stereocenters. The van der Waals surface area contributed by atoms with Crippen molar-refractivity contribution in [3.05, 3.63) is 0 Å². The molecule has 0 aromatic rings. The number of amides is 1. The molecule has 0 heterocycles. The minimum atomic E-state index is -0.917. The SMILES string of the molecule is CCCN(C=O)C(CCSC)C(=O)O. The fraction of sp³-hybridized carbons (Fsp3) is 0.778. The van der Waals surface area contributed by atoms with Gasteiger partial charge in [-0.3, -0.25) is 4.79 Å². The zero-order chi connectivity index (χ0) is 11.0. The van der Waals surface area contributed by atoms with Gasteiger partial charge in [0.15, 0.2) is 0 Å². The molecular weight excluding hydrogens is 202 g/mol. The maximum Gasteiger partial charge on any atom is 0.326 e. The smallest absolute Gasteiger partial charge is 0.326 e. The van der Waals surface area contributed by atoms with Gasteiger partial charge in [-0.1, -0.05) is 6.92 Å². The molecule has 1 amide bonds. The summed E-state index contributed by atoms with van der Waals surface area (Å²) < 4.78 is 0. The second kappa shape index (κ2) is 7.67. The first-order valence-electron chi connectivity index (χ1n) is 4.60. The Kier molecular flexibility index (Phi) is 7.28. The van der Waals surface area contributed by atoms with Crippen molar-refractivity contribution in [1.82, 2.24) is 4.90 Å². The molecule has 0 spiro atoms. The summed E-state index contributed by atoms with van der Waals surface area (Å²) in [7, 11) is 0. The van der Waals surface area contributed by atoms with E-state index in [1.165, 1.54) is 4.90 Å². The maximum atomic E-state index is 10.9. The van der Waals surface area contributed by atoms with Crippen molar-refractivity contribution in [2.75, 3.05) is 18.6 Å². The summed E-state index contributed by atoms with van der Waals surface area (Å²) in [5.41, 5.74) is 0. The minimum Gasteiger partial charge on any atom is -0.480 e. The normalized spacial score (nSPS) is 12.1. The summed E-state index contributed by atoms with van der Waals surface area (Å²) in [5.74, 6) is -0.162. The first-order chi connectivity index (χ1) is 6.67. The Morgan fingerprint density at radius 2 is 2.29 bits per heavy atom. The average Bonchev–Trinajstić information content (AvgIpc) is 2.16. The molecule has 0 radical (unpaired) electrons. The zero-order valence-corrected chi connectivity index (χ0v) is 9.42. The summed E-state index contributed by atoms with van der Waals surface area (Å²) in [6.45, 7) is 2.43. The Hall–Kier alpha value is -0.710.